The molecule has 2 heterocycles. The number of hydrogen-bond donors (Lipinski definition) is 1. The summed E-state index contributed by atoms with van der Waals surface area (Å²) in [7, 11) is 0. The molecule has 0 bridgehead atoms. The molecule has 0 aromatic carbocycles. The minimum absolute atomic E-state index is 0.111. The van der Waals surface area contributed by atoms with Gasteiger partial charge in [-0.2, -0.15) is 10.2 Å². The maximum Gasteiger partial charge on any atom is 0.283 e. The normalized spacial score (nSPS) is 12.6. The predicted octanol–water partition coefficient (Wildman–Crippen LogP) is 2.36. The average molecular weight is 354 g/mol. The highest BCUT2D eigenvalue weighted by Crippen LogP contribution is 2.17. The fourth-order valence-electron chi connectivity index (χ4n) is 2.04. The summed E-state index contributed by atoms with van der Waals surface area (Å²) in [4.78, 5) is 12.2. The molecule has 1 atom stereocenters. The van der Waals surface area contributed by atoms with E-state index >= 15 is 0 Å². The predicted molar refractivity (Wildman–Crippen MR) is 86.3 cm³/mol. The molecule has 0 aliphatic rings. The van der Waals surface area contributed by atoms with Crippen LogP contribution in [0.25, 0.3) is 0 Å². The van der Waals surface area contributed by atoms with Crippen LogP contribution in [0, 0.1) is 5.92 Å². The molecule has 2 aromatic heterocycles. The highest BCUT2D eigenvalue weighted by Gasteiger charge is 2.12. The smallest absolute Gasteiger partial charge is 0.283 e. The third-order valence-corrected chi connectivity index (χ3v) is 3.71. The molecule has 7 heteroatoms. The highest BCUT2D eigenvalue weighted by atomic mass is 79.9. The van der Waals surface area contributed by atoms with Gasteiger partial charge in [-0.25, -0.2) is 4.68 Å². The van der Waals surface area contributed by atoms with E-state index in [1.54, 1.807) is 12.4 Å². The second-order valence-corrected chi connectivity index (χ2v) is 6.32. The van der Waals surface area contributed by atoms with Crippen molar-refractivity contribution in [1.82, 2.24) is 19.6 Å². The van der Waals surface area contributed by atoms with Crippen molar-refractivity contribution in [3.05, 3.63) is 39.5 Å². The van der Waals surface area contributed by atoms with Gasteiger partial charge in [0, 0.05) is 25.0 Å². The van der Waals surface area contributed by atoms with Crippen LogP contribution in [0.1, 0.15) is 20.8 Å². The molecule has 0 amide bonds. The lowest BCUT2D eigenvalue weighted by atomic mass is 10.2. The molecule has 1 N–H and O–H groups in total. The van der Waals surface area contributed by atoms with Crippen molar-refractivity contribution >= 4 is 21.6 Å². The molecule has 0 saturated heterocycles. The van der Waals surface area contributed by atoms with Gasteiger partial charge in [0.15, 0.2) is 0 Å². The van der Waals surface area contributed by atoms with Crippen molar-refractivity contribution in [2.75, 3.05) is 5.32 Å². The Labute approximate surface area is 132 Å². The summed E-state index contributed by atoms with van der Waals surface area (Å²) in [5.41, 5.74) is 0.597. The van der Waals surface area contributed by atoms with Crippen molar-refractivity contribution in [3.8, 4) is 0 Å². The van der Waals surface area contributed by atoms with Gasteiger partial charge in [-0.15, -0.1) is 0 Å². The zero-order valence-corrected chi connectivity index (χ0v) is 14.0. The zero-order chi connectivity index (χ0) is 15.4. The first-order valence-corrected chi connectivity index (χ1v) is 7.76. The molecule has 2 rings (SSSR count). The van der Waals surface area contributed by atoms with Crippen LogP contribution < -0.4 is 10.9 Å². The van der Waals surface area contributed by atoms with E-state index in [-0.39, 0.29) is 11.6 Å². The molecule has 0 spiro atoms. The maximum atomic E-state index is 12.2. The summed E-state index contributed by atoms with van der Waals surface area (Å²) in [5.74, 6) is 0.375. The van der Waals surface area contributed by atoms with Gasteiger partial charge in [-0.3, -0.25) is 9.48 Å². The molecule has 0 aliphatic carbocycles. The molecule has 0 fully saturated rings. The third kappa shape index (κ3) is 4.17. The zero-order valence-electron chi connectivity index (χ0n) is 12.5. The summed E-state index contributed by atoms with van der Waals surface area (Å²) in [5, 5.41) is 11.7. The summed E-state index contributed by atoms with van der Waals surface area (Å²) in [6.45, 7) is 7.48. The van der Waals surface area contributed by atoms with Gasteiger partial charge in [0.2, 0.25) is 0 Å². The van der Waals surface area contributed by atoms with Crippen LogP contribution in [0.4, 0.5) is 5.69 Å². The molecule has 0 saturated carbocycles. The Morgan fingerprint density at radius 2 is 2.05 bits per heavy atom. The number of nitrogens with one attached hydrogen (secondary N) is 1. The van der Waals surface area contributed by atoms with Crippen molar-refractivity contribution in [1.29, 1.82) is 0 Å². The van der Waals surface area contributed by atoms with E-state index in [9.17, 15) is 4.79 Å². The Hall–Kier alpha value is -1.63. The fourth-order valence-corrected chi connectivity index (χ4v) is 2.46. The van der Waals surface area contributed by atoms with E-state index in [2.05, 4.69) is 45.3 Å². The highest BCUT2D eigenvalue weighted by molar-refractivity contribution is 9.10. The molecule has 6 nitrogen and oxygen atoms in total. The minimum atomic E-state index is -0.111. The number of anilines is 1. The molecular formula is C14H20BrN5O. The Kier molecular flexibility index (Phi) is 5.17. The first kappa shape index (κ1) is 15.8. The Bertz CT molecular complexity index is 635. The molecule has 2 aromatic rings. The molecule has 21 heavy (non-hydrogen) atoms. The van der Waals surface area contributed by atoms with Crippen LogP contribution in [0.15, 0.2) is 33.9 Å². The van der Waals surface area contributed by atoms with Crippen LogP contribution in [0.3, 0.4) is 0 Å². The lowest BCUT2D eigenvalue weighted by molar-refractivity contribution is 0.462. The Morgan fingerprint density at radius 1 is 1.29 bits per heavy atom. The first-order valence-electron chi connectivity index (χ1n) is 6.97. The van der Waals surface area contributed by atoms with Crippen LogP contribution in [-0.2, 0) is 13.1 Å². The molecule has 0 radical (unpaired) electrons. The van der Waals surface area contributed by atoms with Crippen molar-refractivity contribution in [3.63, 3.8) is 0 Å². The van der Waals surface area contributed by atoms with Gasteiger partial charge in [-0.05, 0) is 34.8 Å². The quantitative estimate of drug-likeness (QED) is 0.865. The van der Waals surface area contributed by atoms with Crippen molar-refractivity contribution in [2.24, 2.45) is 5.92 Å². The number of aromatic nitrogens is 4. The SMILES string of the molecule is CC(C)Cn1ncc(NC(C)Cn2cccn2)c(Br)c1=O. The van der Waals surface area contributed by atoms with E-state index < -0.39 is 0 Å². The summed E-state index contributed by atoms with van der Waals surface area (Å²) in [6.07, 6.45) is 5.34. The van der Waals surface area contributed by atoms with E-state index in [0.29, 0.717) is 29.2 Å². The van der Waals surface area contributed by atoms with Crippen LogP contribution in [0.5, 0.6) is 0 Å². The standard InChI is InChI=1S/C14H20BrN5O/c1-10(2)8-20-14(21)13(15)12(7-17-20)18-11(3)9-19-6-4-5-16-19/h4-7,10-11,18H,8-9H2,1-3H3. The number of hydrogen-bond acceptors (Lipinski definition) is 4. The lowest BCUT2D eigenvalue weighted by Crippen LogP contribution is -2.28. The Balaban J connectivity index is 2.10. The maximum absolute atomic E-state index is 12.2. The Morgan fingerprint density at radius 3 is 2.67 bits per heavy atom. The minimum Gasteiger partial charge on any atom is -0.378 e. The molecule has 0 aliphatic heterocycles. The summed E-state index contributed by atoms with van der Waals surface area (Å²) >= 11 is 3.37. The van der Waals surface area contributed by atoms with Crippen LogP contribution in [0.2, 0.25) is 0 Å². The van der Waals surface area contributed by atoms with Gasteiger partial charge in [-0.1, -0.05) is 13.8 Å². The molecule has 1 unspecified atom stereocenters. The van der Waals surface area contributed by atoms with E-state index in [1.807, 2.05) is 23.9 Å². The van der Waals surface area contributed by atoms with Crippen molar-refractivity contribution in [2.45, 2.75) is 39.9 Å². The number of halogens is 1. The average Bonchev–Trinajstić information content (AvgIpc) is 2.91. The molecular weight excluding hydrogens is 334 g/mol. The largest absolute Gasteiger partial charge is 0.378 e. The van der Waals surface area contributed by atoms with E-state index in [4.69, 9.17) is 0 Å². The lowest BCUT2D eigenvalue weighted by Gasteiger charge is -2.17. The number of nitrogens with zero attached hydrogens (tertiary/aromatic N) is 4. The van der Waals surface area contributed by atoms with Gasteiger partial charge in [0.05, 0.1) is 18.4 Å². The summed E-state index contributed by atoms with van der Waals surface area (Å²) < 4.78 is 3.85. The molecule has 114 valence electrons. The first-order chi connectivity index (χ1) is 9.97. The second kappa shape index (κ2) is 6.89. The second-order valence-electron chi connectivity index (χ2n) is 5.53. The van der Waals surface area contributed by atoms with E-state index in [0.717, 1.165) is 0 Å². The third-order valence-electron chi connectivity index (χ3n) is 2.94. The topological polar surface area (TPSA) is 64.7 Å². The van der Waals surface area contributed by atoms with Crippen LogP contribution in [-0.4, -0.2) is 25.6 Å². The monoisotopic (exact) mass is 353 g/mol. The summed E-state index contributed by atoms with van der Waals surface area (Å²) in [6, 6.07) is 2.01. The fraction of sp³-hybridized carbons (Fsp3) is 0.500. The van der Waals surface area contributed by atoms with Crippen LogP contribution >= 0.6 is 15.9 Å². The van der Waals surface area contributed by atoms with Gasteiger partial charge in [0.1, 0.15) is 4.47 Å². The van der Waals surface area contributed by atoms with Gasteiger partial charge >= 0.3 is 0 Å². The van der Waals surface area contributed by atoms with E-state index in [1.165, 1.54) is 4.68 Å². The van der Waals surface area contributed by atoms with Crippen molar-refractivity contribution < 1.29 is 0 Å². The number of rotatable bonds is 6. The van der Waals surface area contributed by atoms with Gasteiger partial charge < -0.3 is 5.32 Å². The van der Waals surface area contributed by atoms with Gasteiger partial charge in [0.25, 0.3) is 5.56 Å².